The van der Waals surface area contributed by atoms with Crippen molar-refractivity contribution >= 4 is 33.3 Å². The minimum atomic E-state index is 0.548. The van der Waals surface area contributed by atoms with E-state index in [0.717, 1.165) is 33.9 Å². The number of hydrogen-bond acceptors (Lipinski definition) is 5. The van der Waals surface area contributed by atoms with E-state index in [1.54, 1.807) is 7.11 Å². The van der Waals surface area contributed by atoms with Crippen molar-refractivity contribution < 1.29 is 4.74 Å². The molecule has 0 amide bonds. The van der Waals surface area contributed by atoms with Crippen molar-refractivity contribution in [1.82, 2.24) is 9.97 Å². The Morgan fingerprint density at radius 3 is 2.70 bits per heavy atom. The van der Waals surface area contributed by atoms with Crippen LogP contribution in [0.5, 0.6) is 0 Å². The summed E-state index contributed by atoms with van der Waals surface area (Å²) in [5.41, 5.74) is 2.04. The maximum Gasteiger partial charge on any atom is 0.150 e. The number of aromatic nitrogens is 2. The number of ether oxygens (including phenoxy) is 1. The number of nitrogens with one attached hydrogen (secondary N) is 2. The summed E-state index contributed by atoms with van der Waals surface area (Å²) in [7, 11) is 1.68. The molecule has 1 heterocycles. The second-order valence-corrected chi connectivity index (χ2v) is 4.92. The Kier molecular flexibility index (Phi) is 5.31. The molecule has 0 unspecified atom stereocenters. The second kappa shape index (κ2) is 7.21. The molecule has 0 bridgehead atoms. The lowest BCUT2D eigenvalue weighted by atomic mass is 10.2. The average molecular weight is 337 g/mol. The first-order chi connectivity index (χ1) is 9.76. The fourth-order valence-electron chi connectivity index (χ4n) is 1.80. The third-order valence-electron chi connectivity index (χ3n) is 2.70. The van der Waals surface area contributed by atoms with Crippen molar-refractivity contribution in [3.8, 4) is 0 Å². The third-order valence-corrected chi connectivity index (χ3v) is 3.46. The fourth-order valence-corrected chi connectivity index (χ4v) is 2.24. The van der Waals surface area contributed by atoms with Gasteiger partial charge in [0, 0.05) is 24.9 Å². The van der Waals surface area contributed by atoms with E-state index < -0.39 is 0 Å². The third kappa shape index (κ3) is 3.46. The molecule has 106 valence electrons. The Balaban J connectivity index is 2.28. The normalized spacial score (nSPS) is 10.3. The molecule has 0 aliphatic heterocycles. The van der Waals surface area contributed by atoms with Crippen LogP contribution in [0.4, 0.5) is 17.3 Å². The van der Waals surface area contributed by atoms with Gasteiger partial charge in [-0.2, -0.15) is 0 Å². The van der Waals surface area contributed by atoms with Crippen molar-refractivity contribution in [1.29, 1.82) is 0 Å². The van der Waals surface area contributed by atoms with Gasteiger partial charge in [-0.15, -0.1) is 0 Å². The lowest BCUT2D eigenvalue weighted by Gasteiger charge is -2.13. The van der Waals surface area contributed by atoms with Gasteiger partial charge in [0.1, 0.15) is 22.4 Å². The molecular weight excluding hydrogens is 320 g/mol. The molecule has 2 aromatic rings. The van der Waals surface area contributed by atoms with Crippen molar-refractivity contribution in [3.63, 3.8) is 0 Å². The maximum atomic E-state index is 5.20. The largest absolute Gasteiger partial charge is 0.380 e. The van der Waals surface area contributed by atoms with Gasteiger partial charge in [0.25, 0.3) is 0 Å². The summed E-state index contributed by atoms with van der Waals surface area (Å²) in [4.78, 5) is 8.46. The predicted molar refractivity (Wildman–Crippen MR) is 84.3 cm³/mol. The molecule has 20 heavy (non-hydrogen) atoms. The van der Waals surface area contributed by atoms with Crippen LogP contribution in [0.3, 0.4) is 0 Å². The van der Waals surface area contributed by atoms with Crippen LogP contribution in [0.2, 0.25) is 0 Å². The van der Waals surface area contributed by atoms with E-state index in [1.165, 1.54) is 6.33 Å². The van der Waals surface area contributed by atoms with E-state index in [-0.39, 0.29) is 0 Å². The summed E-state index contributed by atoms with van der Waals surface area (Å²) < 4.78 is 6.02. The molecule has 0 saturated carbocycles. The summed E-state index contributed by atoms with van der Waals surface area (Å²) in [5.74, 6) is 1.49. The molecule has 2 rings (SSSR count). The second-order valence-electron chi connectivity index (χ2n) is 4.13. The first-order valence-electron chi connectivity index (χ1n) is 6.34. The minimum absolute atomic E-state index is 0.548. The summed E-state index contributed by atoms with van der Waals surface area (Å²) in [6, 6.07) is 7.97. The summed E-state index contributed by atoms with van der Waals surface area (Å²) >= 11 is 3.52. The number of rotatable bonds is 6. The van der Waals surface area contributed by atoms with Crippen LogP contribution < -0.4 is 10.6 Å². The van der Waals surface area contributed by atoms with E-state index in [1.807, 2.05) is 31.2 Å². The Hall–Kier alpha value is -1.66. The van der Waals surface area contributed by atoms with Crippen molar-refractivity contribution in [2.45, 2.75) is 13.5 Å². The molecule has 1 aromatic carbocycles. The highest BCUT2D eigenvalue weighted by atomic mass is 79.9. The van der Waals surface area contributed by atoms with E-state index in [9.17, 15) is 0 Å². The van der Waals surface area contributed by atoms with Gasteiger partial charge in [0.15, 0.2) is 0 Å². The zero-order valence-electron chi connectivity index (χ0n) is 11.5. The molecule has 0 radical (unpaired) electrons. The molecule has 6 heteroatoms. The van der Waals surface area contributed by atoms with E-state index in [4.69, 9.17) is 4.74 Å². The van der Waals surface area contributed by atoms with Crippen LogP contribution in [0.1, 0.15) is 12.5 Å². The quantitative estimate of drug-likeness (QED) is 0.844. The van der Waals surface area contributed by atoms with Crippen LogP contribution in [0.25, 0.3) is 0 Å². The molecule has 0 saturated heterocycles. The Labute approximate surface area is 126 Å². The van der Waals surface area contributed by atoms with Gasteiger partial charge in [-0.3, -0.25) is 0 Å². The van der Waals surface area contributed by atoms with Gasteiger partial charge in [-0.1, -0.05) is 18.2 Å². The Morgan fingerprint density at radius 1 is 1.20 bits per heavy atom. The van der Waals surface area contributed by atoms with Crippen LogP contribution in [-0.4, -0.2) is 23.6 Å². The fraction of sp³-hybridized carbons (Fsp3) is 0.286. The lowest BCUT2D eigenvalue weighted by molar-refractivity contribution is 0.185. The van der Waals surface area contributed by atoms with E-state index >= 15 is 0 Å². The van der Waals surface area contributed by atoms with Gasteiger partial charge >= 0.3 is 0 Å². The number of nitrogens with zero attached hydrogens (tertiary/aromatic N) is 2. The van der Waals surface area contributed by atoms with E-state index in [2.05, 4.69) is 36.5 Å². The first kappa shape index (κ1) is 14.7. The van der Waals surface area contributed by atoms with Crippen LogP contribution in [0, 0.1) is 0 Å². The lowest BCUT2D eigenvalue weighted by Crippen LogP contribution is -2.05. The average Bonchev–Trinajstić information content (AvgIpc) is 2.46. The van der Waals surface area contributed by atoms with Crippen LogP contribution >= 0.6 is 15.9 Å². The standard InChI is InChI=1S/C14H17BrN4O/c1-3-16-13-12(15)14(18-9-17-13)19-11-7-5-4-6-10(11)8-20-2/h4-7,9H,3,8H2,1-2H3,(H2,16,17,18,19). The zero-order valence-corrected chi connectivity index (χ0v) is 13.1. The van der Waals surface area contributed by atoms with Crippen molar-refractivity contribution in [3.05, 3.63) is 40.6 Å². The molecule has 0 aliphatic rings. The number of methoxy groups -OCH3 is 1. The molecule has 0 fully saturated rings. The minimum Gasteiger partial charge on any atom is -0.380 e. The summed E-state index contributed by atoms with van der Waals surface area (Å²) in [6.07, 6.45) is 1.53. The monoisotopic (exact) mass is 336 g/mol. The molecule has 2 N–H and O–H groups in total. The van der Waals surface area contributed by atoms with Crippen molar-refractivity contribution in [2.75, 3.05) is 24.3 Å². The topological polar surface area (TPSA) is 59.1 Å². The van der Waals surface area contributed by atoms with E-state index in [0.29, 0.717) is 6.61 Å². The molecule has 0 atom stereocenters. The first-order valence-corrected chi connectivity index (χ1v) is 7.13. The zero-order chi connectivity index (χ0) is 14.4. The predicted octanol–water partition coefficient (Wildman–Crippen LogP) is 3.56. The highest BCUT2D eigenvalue weighted by molar-refractivity contribution is 9.10. The van der Waals surface area contributed by atoms with Gasteiger partial charge in [-0.05, 0) is 28.9 Å². The maximum absolute atomic E-state index is 5.20. The molecule has 0 aliphatic carbocycles. The summed E-state index contributed by atoms with van der Waals surface area (Å²) in [5, 5.41) is 6.49. The highest BCUT2D eigenvalue weighted by Gasteiger charge is 2.10. The van der Waals surface area contributed by atoms with Crippen LogP contribution in [0.15, 0.2) is 35.1 Å². The molecule has 5 nitrogen and oxygen atoms in total. The van der Waals surface area contributed by atoms with Crippen LogP contribution in [-0.2, 0) is 11.3 Å². The molecular formula is C14H17BrN4O. The number of benzene rings is 1. The molecule has 1 aromatic heterocycles. The Morgan fingerprint density at radius 2 is 1.95 bits per heavy atom. The number of halogens is 1. The van der Waals surface area contributed by atoms with Gasteiger partial charge in [-0.25, -0.2) is 9.97 Å². The smallest absolute Gasteiger partial charge is 0.150 e. The Bertz CT molecular complexity index is 577. The molecule has 0 spiro atoms. The highest BCUT2D eigenvalue weighted by Crippen LogP contribution is 2.30. The van der Waals surface area contributed by atoms with Crippen molar-refractivity contribution in [2.24, 2.45) is 0 Å². The number of para-hydroxylation sites is 1. The summed E-state index contributed by atoms with van der Waals surface area (Å²) in [6.45, 7) is 3.37. The SMILES string of the molecule is CCNc1ncnc(Nc2ccccc2COC)c1Br. The van der Waals surface area contributed by atoms with Gasteiger partial charge in [0.2, 0.25) is 0 Å². The number of anilines is 3. The van der Waals surface area contributed by atoms with Gasteiger partial charge < -0.3 is 15.4 Å². The number of hydrogen-bond donors (Lipinski definition) is 2. The van der Waals surface area contributed by atoms with Gasteiger partial charge in [0.05, 0.1) is 6.61 Å².